The molecule has 5 nitrogen and oxygen atoms in total. The van der Waals surface area contributed by atoms with Crippen molar-refractivity contribution in [1.82, 2.24) is 9.88 Å². The van der Waals surface area contributed by atoms with Gasteiger partial charge in [-0.25, -0.2) is 0 Å². The molecule has 0 N–H and O–H groups in total. The number of esters is 1. The van der Waals surface area contributed by atoms with Gasteiger partial charge in [0.05, 0.1) is 13.0 Å². The Hall–Kier alpha value is -1.91. The van der Waals surface area contributed by atoms with Crippen molar-refractivity contribution in [1.29, 1.82) is 0 Å². The Morgan fingerprint density at radius 1 is 1.24 bits per heavy atom. The molecule has 1 atom stereocenters. The Kier molecular flexibility index (Phi) is 7.89. The Balaban J connectivity index is 1.96. The zero-order valence-corrected chi connectivity index (χ0v) is 15.4. The van der Waals surface area contributed by atoms with E-state index in [4.69, 9.17) is 4.74 Å². The number of methoxy groups -OCH3 is 1. The van der Waals surface area contributed by atoms with Crippen LogP contribution in [0.4, 0.5) is 0 Å². The number of carbonyl (C=O) groups is 2. The average Bonchev–Trinajstić information content (AvgIpc) is 2.66. The summed E-state index contributed by atoms with van der Waals surface area (Å²) in [5, 5.41) is 0. The number of hydrogen-bond acceptors (Lipinski definition) is 4. The zero-order chi connectivity index (χ0) is 18.1. The quantitative estimate of drug-likeness (QED) is 0.675. The third kappa shape index (κ3) is 6.48. The van der Waals surface area contributed by atoms with E-state index < -0.39 is 0 Å². The van der Waals surface area contributed by atoms with Crippen molar-refractivity contribution >= 4 is 11.9 Å². The maximum atomic E-state index is 12.8. The molecule has 1 aliphatic rings. The normalized spacial score (nSPS) is 16.2. The summed E-state index contributed by atoms with van der Waals surface area (Å²) in [5.74, 6) is 0.196. The Bertz CT molecular complexity index is 541. The number of amides is 1. The molecule has 1 saturated carbocycles. The van der Waals surface area contributed by atoms with E-state index in [0.29, 0.717) is 25.4 Å². The molecule has 1 aromatic heterocycles. The summed E-state index contributed by atoms with van der Waals surface area (Å²) < 4.78 is 4.81. The first-order valence-corrected chi connectivity index (χ1v) is 9.34. The van der Waals surface area contributed by atoms with Crippen molar-refractivity contribution in [3.05, 3.63) is 30.1 Å². The minimum atomic E-state index is -0.328. The van der Waals surface area contributed by atoms with Crippen molar-refractivity contribution < 1.29 is 14.3 Å². The topological polar surface area (TPSA) is 59.5 Å². The molecule has 5 heteroatoms. The Morgan fingerprint density at radius 2 is 1.92 bits per heavy atom. The smallest absolute Gasteiger partial charge is 0.310 e. The minimum absolute atomic E-state index is 0.123. The first kappa shape index (κ1) is 19.4. The van der Waals surface area contributed by atoms with Crippen LogP contribution in [0.25, 0.3) is 0 Å². The van der Waals surface area contributed by atoms with Gasteiger partial charge in [-0.2, -0.15) is 0 Å². The molecule has 1 aliphatic carbocycles. The van der Waals surface area contributed by atoms with Crippen LogP contribution in [0, 0.1) is 11.8 Å². The van der Waals surface area contributed by atoms with E-state index in [1.165, 1.54) is 39.2 Å². The number of carbonyl (C=O) groups excluding carboxylic acids is 2. The van der Waals surface area contributed by atoms with Gasteiger partial charge in [-0.1, -0.05) is 39.0 Å². The molecule has 2 rings (SSSR count). The van der Waals surface area contributed by atoms with Gasteiger partial charge in [-0.3, -0.25) is 14.6 Å². The van der Waals surface area contributed by atoms with Gasteiger partial charge in [-0.05, 0) is 30.0 Å². The summed E-state index contributed by atoms with van der Waals surface area (Å²) >= 11 is 0. The van der Waals surface area contributed by atoms with Crippen LogP contribution < -0.4 is 0 Å². The van der Waals surface area contributed by atoms with Gasteiger partial charge >= 0.3 is 5.97 Å². The maximum Gasteiger partial charge on any atom is 0.310 e. The fraction of sp³-hybridized carbons (Fsp3) is 0.650. The van der Waals surface area contributed by atoms with Crippen molar-refractivity contribution in [2.45, 2.75) is 58.4 Å². The van der Waals surface area contributed by atoms with Crippen LogP contribution in [0.3, 0.4) is 0 Å². The molecule has 25 heavy (non-hydrogen) atoms. The van der Waals surface area contributed by atoms with Crippen molar-refractivity contribution in [3.63, 3.8) is 0 Å². The number of rotatable bonds is 8. The molecule has 138 valence electrons. The largest absolute Gasteiger partial charge is 0.469 e. The fourth-order valence-corrected chi connectivity index (χ4v) is 3.53. The third-order valence-electron chi connectivity index (χ3n) is 5.06. The van der Waals surface area contributed by atoms with Crippen LogP contribution in [0.2, 0.25) is 0 Å². The SMILES string of the molecule is COC(=O)C(C)CN(Cc1ccncc1)C(=O)CCC1CCCCC1. The second kappa shape index (κ2) is 10.2. The fourth-order valence-electron chi connectivity index (χ4n) is 3.53. The number of pyridine rings is 1. The summed E-state index contributed by atoms with van der Waals surface area (Å²) in [4.78, 5) is 30.4. The molecule has 1 fully saturated rings. The highest BCUT2D eigenvalue weighted by atomic mass is 16.5. The highest BCUT2D eigenvalue weighted by molar-refractivity contribution is 5.78. The van der Waals surface area contributed by atoms with Crippen molar-refractivity contribution in [2.75, 3.05) is 13.7 Å². The lowest BCUT2D eigenvalue weighted by molar-refractivity contribution is -0.146. The number of hydrogen-bond donors (Lipinski definition) is 0. The standard InChI is InChI=1S/C20H30N2O3/c1-16(20(24)25-2)14-22(15-18-10-12-21-13-11-18)19(23)9-8-17-6-4-3-5-7-17/h10-13,16-17H,3-9,14-15H2,1-2H3. The lowest BCUT2D eigenvalue weighted by Gasteiger charge is -2.27. The molecule has 0 bridgehead atoms. The van der Waals surface area contributed by atoms with Crippen LogP contribution in [0.5, 0.6) is 0 Å². The minimum Gasteiger partial charge on any atom is -0.469 e. The molecular weight excluding hydrogens is 316 g/mol. The molecule has 0 radical (unpaired) electrons. The number of nitrogens with zero attached hydrogens (tertiary/aromatic N) is 2. The highest BCUT2D eigenvalue weighted by Gasteiger charge is 2.23. The predicted molar refractivity (Wildman–Crippen MR) is 96.6 cm³/mol. The van der Waals surface area contributed by atoms with E-state index >= 15 is 0 Å². The highest BCUT2D eigenvalue weighted by Crippen LogP contribution is 2.27. The van der Waals surface area contributed by atoms with E-state index in [2.05, 4.69) is 4.98 Å². The van der Waals surface area contributed by atoms with Crippen LogP contribution in [0.1, 0.15) is 57.4 Å². The molecule has 1 aromatic rings. The summed E-state index contributed by atoms with van der Waals surface area (Å²) in [6, 6.07) is 3.81. The summed E-state index contributed by atoms with van der Waals surface area (Å²) in [6.07, 6.45) is 11.4. The van der Waals surface area contributed by atoms with Crippen molar-refractivity contribution in [2.24, 2.45) is 11.8 Å². The maximum absolute atomic E-state index is 12.8. The molecule has 1 heterocycles. The molecular formula is C20H30N2O3. The second-order valence-corrected chi connectivity index (χ2v) is 7.10. The first-order chi connectivity index (χ1) is 12.1. The van der Waals surface area contributed by atoms with Crippen LogP contribution in [0.15, 0.2) is 24.5 Å². The number of ether oxygens (including phenoxy) is 1. The van der Waals surface area contributed by atoms with Gasteiger partial charge in [-0.15, -0.1) is 0 Å². The van der Waals surface area contributed by atoms with E-state index in [0.717, 1.165) is 12.0 Å². The summed E-state index contributed by atoms with van der Waals surface area (Å²) in [5.41, 5.74) is 1.03. The van der Waals surface area contributed by atoms with Gasteiger partial charge in [0.2, 0.25) is 5.91 Å². The van der Waals surface area contributed by atoms with E-state index in [-0.39, 0.29) is 17.8 Å². The van der Waals surface area contributed by atoms with Gasteiger partial charge < -0.3 is 9.64 Å². The van der Waals surface area contributed by atoms with Crippen LogP contribution in [-0.4, -0.2) is 35.4 Å². The van der Waals surface area contributed by atoms with Gasteiger partial charge in [0, 0.05) is 31.9 Å². The van der Waals surface area contributed by atoms with E-state index in [9.17, 15) is 9.59 Å². The Labute approximate surface area is 150 Å². The Morgan fingerprint density at radius 3 is 2.56 bits per heavy atom. The zero-order valence-electron chi connectivity index (χ0n) is 15.4. The lowest BCUT2D eigenvalue weighted by atomic mass is 9.86. The van der Waals surface area contributed by atoms with Gasteiger partial charge in [0.25, 0.3) is 0 Å². The molecule has 1 unspecified atom stereocenters. The monoisotopic (exact) mass is 346 g/mol. The second-order valence-electron chi connectivity index (χ2n) is 7.10. The molecule has 0 aromatic carbocycles. The molecule has 0 aliphatic heterocycles. The first-order valence-electron chi connectivity index (χ1n) is 9.34. The van der Waals surface area contributed by atoms with Gasteiger partial charge in [0.15, 0.2) is 0 Å². The number of aromatic nitrogens is 1. The average molecular weight is 346 g/mol. The predicted octanol–water partition coefficient (Wildman–Crippen LogP) is 3.58. The van der Waals surface area contributed by atoms with Gasteiger partial charge in [0.1, 0.15) is 0 Å². The molecule has 0 saturated heterocycles. The summed E-state index contributed by atoms with van der Waals surface area (Å²) in [6.45, 7) is 2.70. The molecule has 0 spiro atoms. The van der Waals surface area contributed by atoms with E-state index in [1.807, 2.05) is 12.1 Å². The van der Waals surface area contributed by atoms with Crippen LogP contribution in [-0.2, 0) is 20.9 Å². The lowest BCUT2D eigenvalue weighted by Crippen LogP contribution is -2.37. The third-order valence-corrected chi connectivity index (χ3v) is 5.06. The van der Waals surface area contributed by atoms with Crippen molar-refractivity contribution in [3.8, 4) is 0 Å². The van der Waals surface area contributed by atoms with Crippen LogP contribution >= 0.6 is 0 Å². The van der Waals surface area contributed by atoms with E-state index in [1.54, 1.807) is 24.2 Å². The molecule has 1 amide bonds. The summed E-state index contributed by atoms with van der Waals surface area (Å²) in [7, 11) is 1.39.